The standard InChI is InChI=1S/C9H13NO6S/c1-10-5-9(16-17(13,14)15)6-2-3-7(11)8(12)4-6/h2-4,9-12H,5H2,1H3,(H,13,14,15)/t9-/m0/s1. The van der Waals surface area contributed by atoms with E-state index < -0.39 is 22.3 Å². The Morgan fingerprint density at radius 1 is 1.35 bits per heavy atom. The number of rotatable bonds is 5. The average Bonchev–Trinajstić information content (AvgIpc) is 2.19. The maximum atomic E-state index is 10.6. The second-order valence-electron chi connectivity index (χ2n) is 3.32. The molecule has 1 rings (SSSR count). The number of nitrogens with one attached hydrogen (secondary N) is 1. The zero-order valence-electron chi connectivity index (χ0n) is 8.99. The van der Waals surface area contributed by atoms with Crippen LogP contribution in [0.15, 0.2) is 18.2 Å². The lowest BCUT2D eigenvalue weighted by Gasteiger charge is -2.15. The van der Waals surface area contributed by atoms with Crippen molar-refractivity contribution in [3.63, 3.8) is 0 Å². The van der Waals surface area contributed by atoms with E-state index in [0.717, 1.165) is 6.07 Å². The molecule has 0 saturated carbocycles. The summed E-state index contributed by atoms with van der Waals surface area (Å²) in [6.07, 6.45) is -0.999. The smallest absolute Gasteiger partial charge is 0.397 e. The van der Waals surface area contributed by atoms with Crippen molar-refractivity contribution in [2.45, 2.75) is 6.10 Å². The minimum absolute atomic E-state index is 0.101. The predicted octanol–water partition coefficient (Wildman–Crippen LogP) is 0.178. The van der Waals surface area contributed by atoms with Crippen LogP contribution in [0.1, 0.15) is 11.7 Å². The van der Waals surface area contributed by atoms with Crippen LogP contribution < -0.4 is 5.32 Å². The minimum Gasteiger partial charge on any atom is -0.504 e. The first-order valence-electron chi connectivity index (χ1n) is 4.65. The summed E-state index contributed by atoms with van der Waals surface area (Å²) >= 11 is 0. The van der Waals surface area contributed by atoms with Crippen LogP contribution in [0.3, 0.4) is 0 Å². The number of phenols is 2. The van der Waals surface area contributed by atoms with Crippen molar-refractivity contribution in [1.29, 1.82) is 0 Å². The van der Waals surface area contributed by atoms with Gasteiger partial charge in [0.05, 0.1) is 0 Å². The third kappa shape index (κ3) is 4.19. The lowest BCUT2D eigenvalue weighted by atomic mass is 10.1. The molecule has 0 fully saturated rings. The molecule has 96 valence electrons. The maximum absolute atomic E-state index is 10.6. The summed E-state index contributed by atoms with van der Waals surface area (Å²) in [7, 11) is -3.03. The molecular formula is C9H13NO6S. The van der Waals surface area contributed by atoms with Crippen molar-refractivity contribution in [3.8, 4) is 11.5 Å². The van der Waals surface area contributed by atoms with Gasteiger partial charge in [0.15, 0.2) is 11.5 Å². The second kappa shape index (κ2) is 5.32. The molecule has 17 heavy (non-hydrogen) atoms. The summed E-state index contributed by atoms with van der Waals surface area (Å²) in [5, 5.41) is 21.1. The Hall–Kier alpha value is -1.35. The van der Waals surface area contributed by atoms with E-state index in [-0.39, 0.29) is 12.3 Å². The molecule has 0 amide bonds. The fourth-order valence-electron chi connectivity index (χ4n) is 1.28. The third-order valence-electron chi connectivity index (χ3n) is 2.00. The number of phenolic OH excluding ortho intramolecular Hbond substituents is 2. The number of benzene rings is 1. The van der Waals surface area contributed by atoms with Gasteiger partial charge in [0, 0.05) is 6.54 Å². The lowest BCUT2D eigenvalue weighted by Crippen LogP contribution is -2.22. The van der Waals surface area contributed by atoms with Gasteiger partial charge in [0.2, 0.25) is 0 Å². The fraction of sp³-hybridized carbons (Fsp3) is 0.333. The van der Waals surface area contributed by atoms with E-state index in [9.17, 15) is 13.5 Å². The van der Waals surface area contributed by atoms with Crippen molar-refractivity contribution in [1.82, 2.24) is 5.32 Å². The molecule has 1 atom stereocenters. The highest BCUT2D eigenvalue weighted by atomic mass is 32.3. The molecule has 0 aliphatic heterocycles. The highest BCUT2D eigenvalue weighted by molar-refractivity contribution is 7.80. The van der Waals surface area contributed by atoms with Crippen molar-refractivity contribution < 1.29 is 27.4 Å². The zero-order chi connectivity index (χ0) is 13.1. The lowest BCUT2D eigenvalue weighted by molar-refractivity contribution is 0.183. The summed E-state index contributed by atoms with van der Waals surface area (Å²) in [6, 6.07) is 3.73. The Labute approximate surface area is 98.6 Å². The normalized spacial score (nSPS) is 13.5. The van der Waals surface area contributed by atoms with Crippen molar-refractivity contribution in [2.24, 2.45) is 0 Å². The SMILES string of the molecule is CNC[C@H](OS(=O)(=O)O)c1ccc(O)c(O)c1. The first kappa shape index (κ1) is 13.7. The van der Waals surface area contributed by atoms with E-state index in [1.807, 2.05) is 0 Å². The van der Waals surface area contributed by atoms with E-state index in [1.165, 1.54) is 12.1 Å². The summed E-state index contributed by atoms with van der Waals surface area (Å²) < 4.78 is 34.3. The molecule has 0 spiro atoms. The Bertz CT molecular complexity index is 486. The Kier molecular flexibility index (Phi) is 4.29. The Morgan fingerprint density at radius 3 is 2.47 bits per heavy atom. The highest BCUT2D eigenvalue weighted by Gasteiger charge is 2.19. The topological polar surface area (TPSA) is 116 Å². The monoisotopic (exact) mass is 263 g/mol. The maximum Gasteiger partial charge on any atom is 0.397 e. The highest BCUT2D eigenvalue weighted by Crippen LogP contribution is 2.29. The molecule has 0 aliphatic rings. The van der Waals surface area contributed by atoms with Gasteiger partial charge in [-0.3, -0.25) is 4.55 Å². The number of hydrogen-bond acceptors (Lipinski definition) is 6. The van der Waals surface area contributed by atoms with E-state index in [2.05, 4.69) is 9.50 Å². The third-order valence-corrected chi connectivity index (χ3v) is 2.47. The molecule has 0 aliphatic carbocycles. The van der Waals surface area contributed by atoms with Gasteiger partial charge in [-0.1, -0.05) is 6.07 Å². The Balaban J connectivity index is 3.01. The van der Waals surface area contributed by atoms with Crippen LogP contribution in [0.2, 0.25) is 0 Å². The fourth-order valence-corrected chi connectivity index (χ4v) is 1.75. The Morgan fingerprint density at radius 2 is 2.00 bits per heavy atom. The molecule has 1 aromatic carbocycles. The summed E-state index contributed by atoms with van der Waals surface area (Å²) in [5.41, 5.74) is 0.298. The molecule has 7 nitrogen and oxygen atoms in total. The molecular weight excluding hydrogens is 250 g/mol. The van der Waals surface area contributed by atoms with Crippen LogP contribution in [0, 0.1) is 0 Å². The van der Waals surface area contributed by atoms with Gasteiger partial charge in [0.25, 0.3) is 0 Å². The summed E-state index contributed by atoms with van der Waals surface area (Å²) in [6.45, 7) is 0.101. The molecule has 1 aromatic rings. The molecule has 0 unspecified atom stereocenters. The number of hydrogen-bond donors (Lipinski definition) is 4. The van der Waals surface area contributed by atoms with Gasteiger partial charge in [-0.15, -0.1) is 0 Å². The van der Waals surface area contributed by atoms with Crippen LogP contribution in [0.5, 0.6) is 11.5 Å². The first-order chi connectivity index (χ1) is 7.83. The molecule has 4 N–H and O–H groups in total. The van der Waals surface area contributed by atoms with Crippen molar-refractivity contribution in [2.75, 3.05) is 13.6 Å². The van der Waals surface area contributed by atoms with Crippen LogP contribution in [-0.4, -0.2) is 36.8 Å². The van der Waals surface area contributed by atoms with E-state index in [0.29, 0.717) is 5.56 Å². The van der Waals surface area contributed by atoms with Crippen LogP contribution in [0.25, 0.3) is 0 Å². The van der Waals surface area contributed by atoms with Crippen molar-refractivity contribution in [3.05, 3.63) is 23.8 Å². The van der Waals surface area contributed by atoms with Gasteiger partial charge >= 0.3 is 10.4 Å². The van der Waals surface area contributed by atoms with E-state index in [4.69, 9.17) is 9.66 Å². The number of likely N-dealkylation sites (N-methyl/N-ethyl adjacent to an activating group) is 1. The molecule has 0 saturated heterocycles. The second-order valence-corrected chi connectivity index (χ2v) is 4.37. The van der Waals surface area contributed by atoms with Crippen LogP contribution >= 0.6 is 0 Å². The van der Waals surface area contributed by atoms with E-state index >= 15 is 0 Å². The van der Waals surface area contributed by atoms with Gasteiger partial charge < -0.3 is 15.5 Å². The van der Waals surface area contributed by atoms with Crippen LogP contribution in [-0.2, 0) is 14.6 Å². The van der Waals surface area contributed by atoms with Gasteiger partial charge in [0.1, 0.15) is 6.10 Å². The van der Waals surface area contributed by atoms with Gasteiger partial charge in [-0.05, 0) is 24.7 Å². The minimum atomic E-state index is -4.60. The summed E-state index contributed by atoms with van der Waals surface area (Å²) in [4.78, 5) is 0. The largest absolute Gasteiger partial charge is 0.504 e. The number of aromatic hydroxyl groups is 2. The average molecular weight is 263 g/mol. The first-order valence-corrected chi connectivity index (χ1v) is 6.02. The molecule has 0 aromatic heterocycles. The predicted molar refractivity (Wildman–Crippen MR) is 59.1 cm³/mol. The van der Waals surface area contributed by atoms with Gasteiger partial charge in [-0.25, -0.2) is 4.18 Å². The zero-order valence-corrected chi connectivity index (χ0v) is 9.81. The quantitative estimate of drug-likeness (QED) is 0.442. The molecule has 8 heteroatoms. The van der Waals surface area contributed by atoms with E-state index in [1.54, 1.807) is 7.05 Å². The van der Waals surface area contributed by atoms with Gasteiger partial charge in [-0.2, -0.15) is 8.42 Å². The molecule has 0 heterocycles. The summed E-state index contributed by atoms with van der Waals surface area (Å²) in [5.74, 6) is -0.730. The van der Waals surface area contributed by atoms with Crippen molar-refractivity contribution >= 4 is 10.4 Å². The van der Waals surface area contributed by atoms with Crippen LogP contribution in [0.4, 0.5) is 0 Å². The molecule has 0 bridgehead atoms. The molecule has 0 radical (unpaired) electrons.